The van der Waals surface area contributed by atoms with E-state index in [1.165, 1.54) is 19.3 Å². The van der Waals surface area contributed by atoms with Crippen LogP contribution in [0.3, 0.4) is 0 Å². The van der Waals surface area contributed by atoms with Crippen LogP contribution >= 0.6 is 0 Å². The van der Waals surface area contributed by atoms with Gasteiger partial charge in [0.05, 0.1) is 6.54 Å². The lowest BCUT2D eigenvalue weighted by Crippen LogP contribution is -2.19. The Morgan fingerprint density at radius 2 is 2.00 bits per heavy atom. The average Bonchev–Trinajstić information content (AvgIpc) is 2.74. The number of unbranched alkanes of at least 4 members (excludes halogenated alkanes) is 1. The second kappa shape index (κ2) is 8.06. The van der Waals surface area contributed by atoms with E-state index in [-0.39, 0.29) is 0 Å². The van der Waals surface area contributed by atoms with E-state index in [1.54, 1.807) is 0 Å². The van der Waals surface area contributed by atoms with Gasteiger partial charge in [-0.1, -0.05) is 38.2 Å². The van der Waals surface area contributed by atoms with Crippen molar-refractivity contribution >= 4 is 6.01 Å². The lowest BCUT2D eigenvalue weighted by atomic mass is 10.1. The standard InChI is InChI=1S/C12H24N4O/c1-4-6-8-10(7-5-2)14-12-16-15-11(17-12)9-13-3/h10,13H,4-9H2,1-3H3,(H,14,16). The number of nitrogens with one attached hydrogen (secondary N) is 2. The molecule has 0 saturated carbocycles. The van der Waals surface area contributed by atoms with Crippen molar-refractivity contribution in [2.24, 2.45) is 0 Å². The molecule has 98 valence electrons. The molecule has 1 heterocycles. The maximum Gasteiger partial charge on any atom is 0.315 e. The molecule has 0 saturated heterocycles. The molecule has 0 aromatic carbocycles. The zero-order valence-corrected chi connectivity index (χ0v) is 11.1. The lowest BCUT2D eigenvalue weighted by Gasteiger charge is -2.15. The van der Waals surface area contributed by atoms with Gasteiger partial charge in [0.2, 0.25) is 5.89 Å². The Morgan fingerprint density at radius 1 is 1.18 bits per heavy atom. The molecule has 2 N–H and O–H groups in total. The second-order valence-electron chi connectivity index (χ2n) is 4.30. The number of rotatable bonds is 9. The van der Waals surface area contributed by atoms with Crippen molar-refractivity contribution < 1.29 is 4.42 Å². The van der Waals surface area contributed by atoms with E-state index in [1.807, 2.05) is 7.05 Å². The van der Waals surface area contributed by atoms with Crippen LogP contribution in [0.2, 0.25) is 0 Å². The first kappa shape index (κ1) is 14.0. The minimum Gasteiger partial charge on any atom is -0.407 e. The van der Waals surface area contributed by atoms with E-state index < -0.39 is 0 Å². The SMILES string of the molecule is CCCCC(CCC)Nc1nnc(CNC)o1. The fourth-order valence-electron chi connectivity index (χ4n) is 1.80. The molecule has 5 nitrogen and oxygen atoms in total. The first-order chi connectivity index (χ1) is 8.30. The van der Waals surface area contributed by atoms with Crippen LogP contribution in [0.5, 0.6) is 0 Å². The van der Waals surface area contributed by atoms with E-state index in [2.05, 4.69) is 34.7 Å². The molecule has 0 radical (unpaired) electrons. The van der Waals surface area contributed by atoms with Gasteiger partial charge in [0.15, 0.2) is 0 Å². The third-order valence-electron chi connectivity index (χ3n) is 2.67. The van der Waals surface area contributed by atoms with Gasteiger partial charge in [-0.2, -0.15) is 0 Å². The monoisotopic (exact) mass is 240 g/mol. The van der Waals surface area contributed by atoms with Crippen LogP contribution in [-0.2, 0) is 6.54 Å². The van der Waals surface area contributed by atoms with Gasteiger partial charge in [0, 0.05) is 6.04 Å². The van der Waals surface area contributed by atoms with Crippen LogP contribution < -0.4 is 10.6 Å². The second-order valence-corrected chi connectivity index (χ2v) is 4.30. The van der Waals surface area contributed by atoms with Gasteiger partial charge in [-0.3, -0.25) is 0 Å². The minimum atomic E-state index is 0.447. The largest absolute Gasteiger partial charge is 0.407 e. The quantitative estimate of drug-likeness (QED) is 0.694. The number of hydrogen-bond acceptors (Lipinski definition) is 5. The summed E-state index contributed by atoms with van der Waals surface area (Å²) in [5.74, 6) is 0.626. The molecule has 1 aromatic rings. The Balaban J connectivity index is 2.46. The summed E-state index contributed by atoms with van der Waals surface area (Å²) in [6, 6.07) is 0.993. The van der Waals surface area contributed by atoms with Crippen molar-refractivity contribution in [1.82, 2.24) is 15.5 Å². The zero-order chi connectivity index (χ0) is 12.5. The van der Waals surface area contributed by atoms with E-state index in [0.717, 1.165) is 12.8 Å². The average molecular weight is 240 g/mol. The Morgan fingerprint density at radius 3 is 2.65 bits per heavy atom. The molecule has 0 amide bonds. The van der Waals surface area contributed by atoms with Gasteiger partial charge in [0.1, 0.15) is 0 Å². The van der Waals surface area contributed by atoms with Crippen LogP contribution in [-0.4, -0.2) is 23.3 Å². The summed E-state index contributed by atoms with van der Waals surface area (Å²) in [6.45, 7) is 5.02. The third-order valence-corrected chi connectivity index (χ3v) is 2.67. The van der Waals surface area contributed by atoms with E-state index in [9.17, 15) is 0 Å². The molecule has 0 aliphatic rings. The minimum absolute atomic E-state index is 0.447. The number of anilines is 1. The number of hydrogen-bond donors (Lipinski definition) is 2. The summed E-state index contributed by atoms with van der Waals surface area (Å²) in [5, 5.41) is 14.3. The predicted octanol–water partition coefficient (Wildman–Crippen LogP) is 2.56. The normalized spacial score (nSPS) is 12.6. The highest BCUT2D eigenvalue weighted by Crippen LogP contribution is 2.14. The van der Waals surface area contributed by atoms with Crippen LogP contribution in [0.25, 0.3) is 0 Å². The fraction of sp³-hybridized carbons (Fsp3) is 0.833. The Labute approximate surface area is 103 Å². The van der Waals surface area contributed by atoms with Crippen molar-refractivity contribution in [3.63, 3.8) is 0 Å². The van der Waals surface area contributed by atoms with Gasteiger partial charge < -0.3 is 15.1 Å². The molecule has 0 fully saturated rings. The summed E-state index contributed by atoms with van der Waals surface area (Å²) < 4.78 is 5.49. The number of aromatic nitrogens is 2. The van der Waals surface area contributed by atoms with Crippen LogP contribution in [0.15, 0.2) is 4.42 Å². The van der Waals surface area contributed by atoms with E-state index in [0.29, 0.717) is 24.5 Å². The van der Waals surface area contributed by atoms with Gasteiger partial charge in [-0.15, -0.1) is 5.10 Å². The summed E-state index contributed by atoms with van der Waals surface area (Å²) in [7, 11) is 1.86. The molecule has 1 atom stereocenters. The molecular weight excluding hydrogens is 216 g/mol. The van der Waals surface area contributed by atoms with E-state index >= 15 is 0 Å². The fourth-order valence-corrected chi connectivity index (χ4v) is 1.80. The molecule has 0 bridgehead atoms. The smallest absolute Gasteiger partial charge is 0.315 e. The molecule has 1 rings (SSSR count). The highest BCUT2D eigenvalue weighted by molar-refractivity contribution is 5.19. The van der Waals surface area contributed by atoms with Gasteiger partial charge in [-0.05, 0) is 19.9 Å². The van der Waals surface area contributed by atoms with E-state index in [4.69, 9.17) is 4.42 Å². The van der Waals surface area contributed by atoms with Gasteiger partial charge in [0.25, 0.3) is 0 Å². The Hall–Kier alpha value is -1.10. The van der Waals surface area contributed by atoms with Crippen molar-refractivity contribution in [2.45, 2.75) is 58.5 Å². The van der Waals surface area contributed by atoms with Crippen molar-refractivity contribution in [3.05, 3.63) is 5.89 Å². The molecule has 1 unspecified atom stereocenters. The van der Waals surface area contributed by atoms with Crippen LogP contribution in [0.4, 0.5) is 6.01 Å². The Kier molecular flexibility index (Phi) is 6.62. The highest BCUT2D eigenvalue weighted by Gasteiger charge is 2.11. The molecule has 17 heavy (non-hydrogen) atoms. The summed E-state index contributed by atoms with van der Waals surface area (Å²) >= 11 is 0. The van der Waals surface area contributed by atoms with Crippen LogP contribution in [0.1, 0.15) is 51.8 Å². The van der Waals surface area contributed by atoms with Gasteiger partial charge in [-0.25, -0.2) is 0 Å². The number of nitrogens with zero attached hydrogens (tertiary/aromatic N) is 2. The first-order valence-electron chi connectivity index (χ1n) is 6.53. The summed E-state index contributed by atoms with van der Waals surface area (Å²) in [6.07, 6.45) is 5.92. The topological polar surface area (TPSA) is 63.0 Å². The maximum absolute atomic E-state index is 5.49. The molecular formula is C12H24N4O. The van der Waals surface area contributed by atoms with Crippen molar-refractivity contribution in [1.29, 1.82) is 0 Å². The zero-order valence-electron chi connectivity index (χ0n) is 11.1. The summed E-state index contributed by atoms with van der Waals surface area (Å²) in [5.41, 5.74) is 0. The van der Waals surface area contributed by atoms with Crippen molar-refractivity contribution in [3.8, 4) is 0 Å². The van der Waals surface area contributed by atoms with Crippen molar-refractivity contribution in [2.75, 3.05) is 12.4 Å². The first-order valence-corrected chi connectivity index (χ1v) is 6.53. The van der Waals surface area contributed by atoms with Gasteiger partial charge >= 0.3 is 6.01 Å². The molecule has 0 spiro atoms. The molecule has 1 aromatic heterocycles. The molecule has 5 heteroatoms. The maximum atomic E-state index is 5.49. The highest BCUT2D eigenvalue weighted by atomic mass is 16.4. The molecule has 0 aliphatic carbocycles. The molecule has 0 aliphatic heterocycles. The predicted molar refractivity (Wildman–Crippen MR) is 68.9 cm³/mol. The van der Waals surface area contributed by atoms with Crippen LogP contribution in [0, 0.1) is 0 Å². The summed E-state index contributed by atoms with van der Waals surface area (Å²) in [4.78, 5) is 0. The lowest BCUT2D eigenvalue weighted by molar-refractivity contribution is 0.473. The third kappa shape index (κ3) is 5.17. The Bertz CT molecular complexity index is 300.